The predicted octanol–water partition coefficient (Wildman–Crippen LogP) is 5.45. The Balaban J connectivity index is 1.85. The van der Waals surface area contributed by atoms with E-state index in [9.17, 15) is 28.0 Å². The van der Waals surface area contributed by atoms with Gasteiger partial charge in [-0.3, -0.25) is 24.5 Å². The zero-order chi connectivity index (χ0) is 28.0. The fourth-order valence-corrected chi connectivity index (χ4v) is 5.16. The fraction of sp³-hybridized carbons (Fsp3) is 0.250. The Kier molecular flexibility index (Phi) is 9.56. The van der Waals surface area contributed by atoms with Crippen LogP contribution in [0.25, 0.3) is 0 Å². The van der Waals surface area contributed by atoms with E-state index in [4.69, 9.17) is 11.6 Å². The lowest BCUT2D eigenvalue weighted by Gasteiger charge is -2.24. The number of benzene rings is 3. The lowest BCUT2D eigenvalue weighted by Crippen LogP contribution is -2.32. The maximum Gasteiger partial charge on any atom is 0.298 e. The highest BCUT2D eigenvalue weighted by atomic mass is 35.5. The van der Waals surface area contributed by atoms with Gasteiger partial charge in [-0.2, -0.15) is 0 Å². The van der Waals surface area contributed by atoms with E-state index < -0.39 is 21.7 Å². The summed E-state index contributed by atoms with van der Waals surface area (Å²) in [6.07, 6.45) is 0.346. The molecule has 0 unspecified atom stereocenters. The first-order valence-corrected chi connectivity index (χ1v) is 13.8. The van der Waals surface area contributed by atoms with E-state index in [0.717, 1.165) is 6.92 Å². The monoisotopic (exact) mass is 556 g/mol. The number of hydrogen-bond donors (Lipinski definition) is 1. The first kappa shape index (κ1) is 29.2. The first-order chi connectivity index (χ1) is 17.9. The molecule has 1 amide bonds. The van der Waals surface area contributed by atoms with Gasteiger partial charge in [0.15, 0.2) is 5.78 Å². The maximum absolute atomic E-state index is 13.3. The van der Waals surface area contributed by atoms with Crippen LogP contribution in [0.2, 0.25) is 5.02 Å². The summed E-state index contributed by atoms with van der Waals surface area (Å²) in [5.74, 6) is -1.85. The predicted molar refractivity (Wildman–Crippen MR) is 145 cm³/mol. The van der Waals surface area contributed by atoms with Crippen LogP contribution in [0.5, 0.6) is 0 Å². The molecule has 3 aromatic rings. The number of Topliss-reactive ketones (excluding diaryl/α,β-unsaturated/α-hetero) is 2. The molecule has 0 bridgehead atoms. The number of anilines is 2. The van der Waals surface area contributed by atoms with E-state index >= 15 is 0 Å². The Morgan fingerprint density at radius 2 is 1.58 bits per heavy atom. The second-order valence-electron chi connectivity index (χ2n) is 9.16. The van der Waals surface area contributed by atoms with Crippen LogP contribution >= 0.6 is 11.6 Å². The molecule has 10 heteroatoms. The van der Waals surface area contributed by atoms with Crippen LogP contribution in [0.3, 0.4) is 0 Å². The van der Waals surface area contributed by atoms with E-state index in [1.807, 2.05) is 0 Å². The highest BCUT2D eigenvalue weighted by Gasteiger charge is 2.27. The van der Waals surface area contributed by atoms with Gasteiger partial charge < -0.3 is 0 Å². The zero-order valence-corrected chi connectivity index (χ0v) is 22.9. The number of ketones is 2. The van der Waals surface area contributed by atoms with Crippen molar-refractivity contribution >= 4 is 50.5 Å². The number of halogens is 1. The van der Waals surface area contributed by atoms with Gasteiger partial charge in [0.2, 0.25) is 5.78 Å². The molecule has 3 aromatic carbocycles. The average molecular weight is 557 g/mol. The Labute approximate surface area is 227 Å². The Hall–Kier alpha value is -3.37. The molecule has 1 N–H and O–H groups in total. The number of hydroxylamine groups is 1. The number of sulfonamides is 1. The van der Waals surface area contributed by atoms with Gasteiger partial charge in [0.05, 0.1) is 10.6 Å². The van der Waals surface area contributed by atoms with Crippen molar-refractivity contribution in [2.24, 2.45) is 5.92 Å². The van der Waals surface area contributed by atoms with Crippen LogP contribution in [0.15, 0.2) is 77.7 Å². The minimum atomic E-state index is -4.04. The van der Waals surface area contributed by atoms with E-state index in [1.54, 1.807) is 56.3 Å². The van der Waals surface area contributed by atoms with Gasteiger partial charge in [0.25, 0.3) is 15.9 Å². The van der Waals surface area contributed by atoms with Crippen molar-refractivity contribution in [1.29, 1.82) is 0 Å². The van der Waals surface area contributed by atoms with Gasteiger partial charge in [0.1, 0.15) is 0 Å². The van der Waals surface area contributed by atoms with Crippen LogP contribution in [0.4, 0.5) is 11.4 Å². The highest BCUT2D eigenvalue weighted by Crippen LogP contribution is 2.32. The summed E-state index contributed by atoms with van der Waals surface area (Å²) in [7, 11) is -4.04. The molecule has 0 saturated heterocycles. The molecule has 0 aliphatic heterocycles. The molecular formula is C28H29ClN2O6S. The van der Waals surface area contributed by atoms with Gasteiger partial charge in [-0.05, 0) is 60.4 Å². The Morgan fingerprint density at radius 1 is 0.947 bits per heavy atom. The number of carbonyl (C=O) groups excluding carboxylic acids is 3. The van der Waals surface area contributed by atoms with Crippen LogP contribution in [0, 0.1) is 5.92 Å². The van der Waals surface area contributed by atoms with Crippen molar-refractivity contribution in [3.8, 4) is 0 Å². The molecule has 0 heterocycles. The van der Waals surface area contributed by atoms with Crippen molar-refractivity contribution in [1.82, 2.24) is 4.47 Å². The number of rotatable bonds is 11. The number of para-hydroxylation sites is 1. The molecule has 38 heavy (non-hydrogen) atoms. The van der Waals surface area contributed by atoms with Crippen LogP contribution in [0.1, 0.15) is 43.1 Å². The van der Waals surface area contributed by atoms with Crippen molar-refractivity contribution in [3.63, 3.8) is 0 Å². The lowest BCUT2D eigenvalue weighted by molar-refractivity contribution is -0.134. The van der Waals surface area contributed by atoms with Gasteiger partial charge in [-0.15, -0.1) is 0 Å². The third-order valence-corrected chi connectivity index (χ3v) is 7.49. The van der Waals surface area contributed by atoms with E-state index in [2.05, 4.69) is 0 Å². The molecular weight excluding hydrogens is 528 g/mol. The highest BCUT2D eigenvalue weighted by molar-refractivity contribution is 7.89. The zero-order valence-electron chi connectivity index (χ0n) is 21.3. The van der Waals surface area contributed by atoms with Crippen LogP contribution in [-0.2, 0) is 26.0 Å². The van der Waals surface area contributed by atoms with Crippen molar-refractivity contribution in [2.45, 2.75) is 38.5 Å². The molecule has 3 rings (SSSR count). The number of aryl methyl sites for hydroxylation is 1. The molecule has 0 fully saturated rings. The SMILES string of the molecule is CC(=O)C(=O)N(c1ccccc1)c1cc(Cl)ccc1C(=O)CCc1ccc(S(=O)(=O)N(O)CC(C)C)cc1. The molecule has 0 aromatic heterocycles. The summed E-state index contributed by atoms with van der Waals surface area (Å²) in [4.78, 5) is 39.3. The van der Waals surface area contributed by atoms with E-state index in [0.29, 0.717) is 27.2 Å². The topological polar surface area (TPSA) is 112 Å². The van der Waals surface area contributed by atoms with Crippen molar-refractivity contribution in [2.75, 3.05) is 11.4 Å². The quantitative estimate of drug-likeness (QED) is 0.191. The number of hydrogen-bond acceptors (Lipinski definition) is 6. The fourth-order valence-electron chi connectivity index (χ4n) is 3.78. The van der Waals surface area contributed by atoms with Gasteiger partial charge >= 0.3 is 0 Å². The minimum Gasteiger partial charge on any atom is -0.299 e. The van der Waals surface area contributed by atoms with Crippen LogP contribution < -0.4 is 4.90 Å². The molecule has 200 valence electrons. The van der Waals surface area contributed by atoms with Gasteiger partial charge in [-0.25, -0.2) is 8.42 Å². The summed E-state index contributed by atoms with van der Waals surface area (Å²) >= 11 is 6.21. The molecule has 8 nitrogen and oxygen atoms in total. The largest absolute Gasteiger partial charge is 0.299 e. The molecule has 0 aliphatic rings. The molecule has 0 atom stereocenters. The van der Waals surface area contributed by atoms with Gasteiger partial charge in [-0.1, -0.05) is 60.2 Å². The third kappa shape index (κ3) is 6.93. The molecule has 0 spiro atoms. The summed E-state index contributed by atoms with van der Waals surface area (Å²) < 4.78 is 25.4. The van der Waals surface area contributed by atoms with Gasteiger partial charge in [0, 0.05) is 36.2 Å². The van der Waals surface area contributed by atoms with E-state index in [1.165, 1.54) is 35.2 Å². The summed E-state index contributed by atoms with van der Waals surface area (Å²) in [6.45, 7) is 4.71. The molecule has 0 saturated carbocycles. The number of carbonyl (C=O) groups is 3. The summed E-state index contributed by atoms with van der Waals surface area (Å²) in [5.41, 5.74) is 1.54. The Bertz CT molecular complexity index is 1420. The van der Waals surface area contributed by atoms with E-state index in [-0.39, 0.29) is 40.8 Å². The second-order valence-corrected chi connectivity index (χ2v) is 11.4. The van der Waals surface area contributed by atoms with Crippen LogP contribution in [-0.4, -0.2) is 42.1 Å². The summed E-state index contributed by atoms with van der Waals surface area (Å²) in [5, 5.41) is 10.3. The number of nitrogens with zero attached hydrogens (tertiary/aromatic N) is 2. The first-order valence-electron chi connectivity index (χ1n) is 11.9. The summed E-state index contributed by atoms with van der Waals surface area (Å²) in [6, 6.07) is 19.0. The van der Waals surface area contributed by atoms with Crippen molar-refractivity contribution in [3.05, 3.63) is 88.9 Å². The lowest BCUT2D eigenvalue weighted by atomic mass is 10.00. The second kappa shape index (κ2) is 12.4. The number of amides is 1. The smallest absolute Gasteiger partial charge is 0.298 e. The normalized spacial score (nSPS) is 11.6. The average Bonchev–Trinajstić information content (AvgIpc) is 2.88. The maximum atomic E-state index is 13.3. The standard InChI is InChI=1S/C28H29ClN2O6S/c1-19(2)18-30(35)38(36,37)24-13-9-21(10-14-24)11-16-27(33)25-15-12-22(29)17-26(25)31(28(34)20(3)32)23-7-5-4-6-8-23/h4-10,12-15,17,19,35H,11,16,18H2,1-3H3. The minimum absolute atomic E-state index is 0.0336. The molecule has 0 radical (unpaired) electrons. The third-order valence-electron chi connectivity index (χ3n) is 5.68. The Morgan fingerprint density at radius 3 is 2.16 bits per heavy atom. The molecule has 0 aliphatic carbocycles. The van der Waals surface area contributed by atoms with Crippen molar-refractivity contribution < 1.29 is 28.0 Å².